The standard InChI is InChI=1S/C13H21N3O/c1-11-5-8-16(9-6-11)13(17)14-10-12-4-3-7-15(12)2/h3-4,7,11H,5-6,8-10H2,1-2H3,(H,14,17). The van der Waals surface area contributed by atoms with Crippen molar-refractivity contribution >= 4 is 6.03 Å². The number of nitrogens with zero attached hydrogens (tertiary/aromatic N) is 2. The van der Waals surface area contributed by atoms with Gasteiger partial charge in [0.1, 0.15) is 0 Å². The highest BCUT2D eigenvalue weighted by Gasteiger charge is 2.19. The number of carbonyl (C=O) groups is 1. The molecule has 2 rings (SSSR count). The first-order valence-corrected chi connectivity index (χ1v) is 6.30. The molecule has 1 aromatic rings. The van der Waals surface area contributed by atoms with E-state index < -0.39 is 0 Å². The number of amides is 2. The van der Waals surface area contributed by atoms with Gasteiger partial charge in [0.05, 0.1) is 6.54 Å². The molecule has 0 atom stereocenters. The lowest BCUT2D eigenvalue weighted by Crippen LogP contribution is -2.44. The maximum absolute atomic E-state index is 11.9. The van der Waals surface area contributed by atoms with Gasteiger partial charge in [0.25, 0.3) is 0 Å². The SMILES string of the molecule is CC1CCN(C(=O)NCc2cccn2C)CC1. The number of hydrogen-bond acceptors (Lipinski definition) is 1. The number of aryl methyl sites for hydroxylation is 1. The lowest BCUT2D eigenvalue weighted by Gasteiger charge is -2.30. The van der Waals surface area contributed by atoms with Crippen LogP contribution in [0.1, 0.15) is 25.5 Å². The smallest absolute Gasteiger partial charge is 0.317 e. The van der Waals surface area contributed by atoms with Crippen molar-refractivity contribution in [2.24, 2.45) is 13.0 Å². The number of likely N-dealkylation sites (tertiary alicyclic amines) is 1. The fourth-order valence-electron chi connectivity index (χ4n) is 2.17. The second-order valence-electron chi connectivity index (χ2n) is 4.94. The van der Waals surface area contributed by atoms with Gasteiger partial charge in [-0.15, -0.1) is 0 Å². The van der Waals surface area contributed by atoms with Gasteiger partial charge >= 0.3 is 6.03 Å². The van der Waals surface area contributed by atoms with Gasteiger partial charge in [-0.2, -0.15) is 0 Å². The summed E-state index contributed by atoms with van der Waals surface area (Å²) in [6.07, 6.45) is 4.24. The van der Waals surface area contributed by atoms with Crippen LogP contribution in [0.5, 0.6) is 0 Å². The van der Waals surface area contributed by atoms with Crippen LogP contribution in [0.25, 0.3) is 0 Å². The van der Waals surface area contributed by atoms with Crippen molar-refractivity contribution in [2.45, 2.75) is 26.3 Å². The average Bonchev–Trinajstić information content (AvgIpc) is 2.73. The molecular formula is C13H21N3O. The van der Waals surface area contributed by atoms with Crippen LogP contribution in [-0.4, -0.2) is 28.6 Å². The lowest BCUT2D eigenvalue weighted by atomic mass is 10.00. The van der Waals surface area contributed by atoms with Crippen molar-refractivity contribution in [3.63, 3.8) is 0 Å². The fourth-order valence-corrected chi connectivity index (χ4v) is 2.17. The molecule has 94 valence electrons. The van der Waals surface area contributed by atoms with E-state index in [1.807, 2.05) is 34.8 Å². The molecule has 2 heterocycles. The van der Waals surface area contributed by atoms with Gasteiger partial charge in [0.2, 0.25) is 0 Å². The van der Waals surface area contributed by atoms with E-state index in [-0.39, 0.29) is 6.03 Å². The molecule has 2 amide bonds. The molecule has 4 heteroatoms. The Labute approximate surface area is 103 Å². The van der Waals surface area contributed by atoms with Crippen LogP contribution >= 0.6 is 0 Å². The van der Waals surface area contributed by atoms with E-state index in [4.69, 9.17) is 0 Å². The molecule has 0 aromatic carbocycles. The van der Waals surface area contributed by atoms with Crippen LogP contribution in [0.15, 0.2) is 18.3 Å². The number of piperidine rings is 1. The molecule has 1 saturated heterocycles. The molecule has 1 aromatic heterocycles. The van der Waals surface area contributed by atoms with Gasteiger partial charge in [0.15, 0.2) is 0 Å². The average molecular weight is 235 g/mol. The van der Waals surface area contributed by atoms with Crippen molar-refractivity contribution in [1.82, 2.24) is 14.8 Å². The third-order valence-corrected chi connectivity index (χ3v) is 3.54. The zero-order valence-electron chi connectivity index (χ0n) is 10.6. The van der Waals surface area contributed by atoms with Crippen molar-refractivity contribution in [1.29, 1.82) is 0 Å². The number of hydrogen-bond donors (Lipinski definition) is 1. The molecule has 1 aliphatic heterocycles. The van der Waals surface area contributed by atoms with E-state index in [0.29, 0.717) is 6.54 Å². The van der Waals surface area contributed by atoms with Crippen LogP contribution in [0.3, 0.4) is 0 Å². The summed E-state index contributed by atoms with van der Waals surface area (Å²) in [4.78, 5) is 13.8. The first kappa shape index (κ1) is 12.0. The lowest BCUT2D eigenvalue weighted by molar-refractivity contribution is 0.173. The summed E-state index contributed by atoms with van der Waals surface area (Å²) in [6, 6.07) is 4.08. The maximum atomic E-state index is 11.9. The Hall–Kier alpha value is -1.45. The Bertz CT molecular complexity index is 378. The summed E-state index contributed by atoms with van der Waals surface area (Å²) in [6.45, 7) is 4.63. The van der Waals surface area contributed by atoms with Crippen LogP contribution in [0.4, 0.5) is 4.79 Å². The number of nitrogens with one attached hydrogen (secondary N) is 1. The van der Waals surface area contributed by atoms with Crippen LogP contribution in [-0.2, 0) is 13.6 Å². The highest BCUT2D eigenvalue weighted by molar-refractivity contribution is 5.74. The molecule has 0 aliphatic carbocycles. The summed E-state index contributed by atoms with van der Waals surface area (Å²) < 4.78 is 2.03. The first-order chi connectivity index (χ1) is 8.16. The molecule has 17 heavy (non-hydrogen) atoms. The van der Waals surface area contributed by atoms with Crippen LogP contribution in [0, 0.1) is 5.92 Å². The monoisotopic (exact) mass is 235 g/mol. The molecule has 1 N–H and O–H groups in total. The zero-order chi connectivity index (χ0) is 12.3. The molecule has 0 radical (unpaired) electrons. The van der Waals surface area contributed by atoms with Gasteiger partial charge in [-0.25, -0.2) is 4.79 Å². The fraction of sp³-hybridized carbons (Fsp3) is 0.615. The predicted octanol–water partition coefficient (Wildman–Crippen LogP) is 1.97. The van der Waals surface area contributed by atoms with Gasteiger partial charge in [-0.05, 0) is 30.9 Å². The molecule has 1 aliphatic rings. The van der Waals surface area contributed by atoms with E-state index in [9.17, 15) is 4.79 Å². The summed E-state index contributed by atoms with van der Waals surface area (Å²) in [7, 11) is 1.99. The van der Waals surface area contributed by atoms with Gasteiger partial charge < -0.3 is 14.8 Å². The minimum absolute atomic E-state index is 0.0677. The number of rotatable bonds is 2. The number of carbonyl (C=O) groups excluding carboxylic acids is 1. The second-order valence-corrected chi connectivity index (χ2v) is 4.94. The Morgan fingerprint density at radius 2 is 2.18 bits per heavy atom. The van der Waals surface area contributed by atoms with Gasteiger partial charge in [-0.3, -0.25) is 0 Å². The summed E-state index contributed by atoms with van der Waals surface area (Å²) in [5.41, 5.74) is 1.13. The van der Waals surface area contributed by atoms with Crippen molar-refractivity contribution < 1.29 is 4.79 Å². The Balaban J connectivity index is 1.80. The highest BCUT2D eigenvalue weighted by atomic mass is 16.2. The third-order valence-electron chi connectivity index (χ3n) is 3.54. The van der Waals surface area contributed by atoms with Gasteiger partial charge in [0, 0.05) is 32.0 Å². The van der Waals surface area contributed by atoms with Crippen molar-refractivity contribution in [3.8, 4) is 0 Å². The van der Waals surface area contributed by atoms with E-state index in [1.165, 1.54) is 0 Å². The minimum Gasteiger partial charge on any atom is -0.353 e. The van der Waals surface area contributed by atoms with Gasteiger partial charge in [-0.1, -0.05) is 6.92 Å². The Morgan fingerprint density at radius 1 is 1.47 bits per heavy atom. The summed E-state index contributed by atoms with van der Waals surface area (Å²) in [5, 5.41) is 2.98. The third kappa shape index (κ3) is 3.02. The van der Waals surface area contributed by atoms with E-state index >= 15 is 0 Å². The second kappa shape index (κ2) is 5.25. The molecule has 0 spiro atoms. The topological polar surface area (TPSA) is 37.3 Å². The molecule has 4 nitrogen and oxygen atoms in total. The number of urea groups is 1. The molecular weight excluding hydrogens is 214 g/mol. The van der Waals surface area contributed by atoms with Crippen LogP contribution in [0.2, 0.25) is 0 Å². The quantitative estimate of drug-likeness (QED) is 0.836. The molecule has 0 unspecified atom stereocenters. The minimum atomic E-state index is 0.0677. The van der Waals surface area contributed by atoms with E-state index in [0.717, 1.165) is 37.5 Å². The predicted molar refractivity (Wildman–Crippen MR) is 67.6 cm³/mol. The summed E-state index contributed by atoms with van der Waals surface area (Å²) in [5.74, 6) is 0.756. The summed E-state index contributed by atoms with van der Waals surface area (Å²) >= 11 is 0. The molecule has 0 bridgehead atoms. The molecule has 1 fully saturated rings. The first-order valence-electron chi connectivity index (χ1n) is 6.30. The Kier molecular flexibility index (Phi) is 3.71. The maximum Gasteiger partial charge on any atom is 0.317 e. The number of aromatic nitrogens is 1. The normalized spacial score (nSPS) is 17.2. The van der Waals surface area contributed by atoms with Crippen molar-refractivity contribution in [3.05, 3.63) is 24.0 Å². The van der Waals surface area contributed by atoms with Crippen molar-refractivity contribution in [2.75, 3.05) is 13.1 Å². The largest absolute Gasteiger partial charge is 0.353 e. The zero-order valence-corrected chi connectivity index (χ0v) is 10.6. The van der Waals surface area contributed by atoms with E-state index in [1.54, 1.807) is 0 Å². The molecule has 0 saturated carbocycles. The highest BCUT2D eigenvalue weighted by Crippen LogP contribution is 2.15. The van der Waals surface area contributed by atoms with E-state index in [2.05, 4.69) is 12.2 Å². The Morgan fingerprint density at radius 3 is 2.76 bits per heavy atom. The van der Waals surface area contributed by atoms with Crippen LogP contribution < -0.4 is 5.32 Å².